The molecule has 0 unspecified atom stereocenters. The van der Waals surface area contributed by atoms with Gasteiger partial charge in [0.2, 0.25) is 5.91 Å². The van der Waals surface area contributed by atoms with Crippen molar-refractivity contribution in [3.63, 3.8) is 0 Å². The molecule has 0 fully saturated rings. The van der Waals surface area contributed by atoms with E-state index in [-0.39, 0.29) is 12.3 Å². The van der Waals surface area contributed by atoms with E-state index in [1.165, 1.54) is 16.9 Å². The van der Waals surface area contributed by atoms with Crippen LogP contribution in [-0.2, 0) is 24.2 Å². The fraction of sp³-hybridized carbons (Fsp3) is 0.174. The number of hydrogen-bond donors (Lipinski definition) is 0. The average molecular weight is 422 g/mol. The number of anilines is 1. The van der Waals surface area contributed by atoms with Gasteiger partial charge in [0, 0.05) is 11.2 Å². The summed E-state index contributed by atoms with van der Waals surface area (Å²) in [6.07, 6.45) is 2.84. The maximum Gasteiger partial charge on any atom is 0.233 e. The van der Waals surface area contributed by atoms with Crippen molar-refractivity contribution < 1.29 is 4.79 Å². The first-order valence-corrected chi connectivity index (χ1v) is 10.7. The summed E-state index contributed by atoms with van der Waals surface area (Å²) in [6.45, 7) is 2.48. The number of carbonyl (C=O) groups excluding carboxylic acids is 1. The van der Waals surface area contributed by atoms with E-state index in [0.29, 0.717) is 16.7 Å². The molecule has 146 valence electrons. The minimum Gasteiger partial charge on any atom is -0.282 e. The van der Waals surface area contributed by atoms with Gasteiger partial charge in [-0.3, -0.25) is 14.7 Å². The van der Waals surface area contributed by atoms with Gasteiger partial charge in [0.25, 0.3) is 0 Å². The lowest BCUT2D eigenvalue weighted by Gasteiger charge is -2.20. The van der Waals surface area contributed by atoms with Crippen LogP contribution in [0.5, 0.6) is 0 Å². The molecule has 0 bridgehead atoms. The molecule has 0 saturated carbocycles. The van der Waals surface area contributed by atoms with Gasteiger partial charge in [-0.15, -0.1) is 0 Å². The number of nitrogens with zero attached hydrogens (tertiary/aromatic N) is 3. The zero-order valence-electron chi connectivity index (χ0n) is 16.0. The summed E-state index contributed by atoms with van der Waals surface area (Å²) in [5.74, 6) is -0.0548. The predicted molar refractivity (Wildman–Crippen MR) is 120 cm³/mol. The Hall–Kier alpha value is -2.76. The summed E-state index contributed by atoms with van der Waals surface area (Å²) in [4.78, 5) is 24.2. The van der Waals surface area contributed by atoms with Crippen LogP contribution in [0.4, 0.5) is 5.13 Å². The molecule has 2 aromatic carbocycles. The first-order valence-electron chi connectivity index (χ1n) is 9.48. The third-order valence-electron chi connectivity index (χ3n) is 4.75. The fourth-order valence-electron chi connectivity index (χ4n) is 3.21. The molecular formula is C23H20ClN3OS. The van der Waals surface area contributed by atoms with Gasteiger partial charge in [0.1, 0.15) is 0 Å². The molecule has 0 atom stereocenters. The number of hydrogen-bond acceptors (Lipinski definition) is 4. The SMILES string of the molecule is CCc1cccc2sc(N(Cc3ccccn3)C(=O)Cc3ccccc3Cl)nc12. The molecule has 4 rings (SSSR count). The second-order valence-corrected chi connectivity index (χ2v) is 8.10. The maximum absolute atomic E-state index is 13.3. The molecule has 2 heterocycles. The molecule has 0 saturated heterocycles. The van der Waals surface area contributed by atoms with E-state index in [2.05, 4.69) is 18.0 Å². The number of fused-ring (bicyclic) bond motifs is 1. The van der Waals surface area contributed by atoms with E-state index in [9.17, 15) is 4.79 Å². The Kier molecular flexibility index (Phi) is 5.88. The number of para-hydroxylation sites is 1. The van der Waals surface area contributed by atoms with Gasteiger partial charge >= 0.3 is 0 Å². The molecule has 0 aliphatic carbocycles. The number of carbonyl (C=O) groups is 1. The number of aryl methyl sites for hydroxylation is 1. The molecule has 0 radical (unpaired) electrons. The highest BCUT2D eigenvalue weighted by molar-refractivity contribution is 7.22. The van der Waals surface area contributed by atoms with Crippen LogP contribution in [0, 0.1) is 0 Å². The molecule has 1 amide bonds. The van der Waals surface area contributed by atoms with Gasteiger partial charge in [-0.05, 0) is 41.8 Å². The van der Waals surface area contributed by atoms with Crippen molar-refractivity contribution >= 4 is 44.2 Å². The number of thiazole rings is 1. The zero-order chi connectivity index (χ0) is 20.2. The number of halogens is 1. The third-order valence-corrected chi connectivity index (χ3v) is 6.16. The number of rotatable bonds is 6. The van der Waals surface area contributed by atoms with Crippen molar-refractivity contribution in [2.24, 2.45) is 0 Å². The molecule has 4 nitrogen and oxygen atoms in total. The van der Waals surface area contributed by atoms with Crippen molar-refractivity contribution in [3.8, 4) is 0 Å². The van der Waals surface area contributed by atoms with Gasteiger partial charge in [0.05, 0.1) is 28.9 Å². The Labute approximate surface area is 178 Å². The summed E-state index contributed by atoms with van der Waals surface area (Å²) in [6, 6.07) is 19.3. The summed E-state index contributed by atoms with van der Waals surface area (Å²) < 4.78 is 1.08. The minimum absolute atomic E-state index is 0.0548. The largest absolute Gasteiger partial charge is 0.282 e. The summed E-state index contributed by atoms with van der Waals surface area (Å²) in [5, 5.41) is 1.28. The summed E-state index contributed by atoms with van der Waals surface area (Å²) in [5.41, 5.74) is 3.77. The van der Waals surface area contributed by atoms with Crippen LogP contribution in [0.3, 0.4) is 0 Å². The second-order valence-electron chi connectivity index (χ2n) is 6.68. The Morgan fingerprint density at radius 3 is 2.59 bits per heavy atom. The third kappa shape index (κ3) is 4.31. The average Bonchev–Trinajstić information content (AvgIpc) is 3.18. The molecule has 0 aliphatic rings. The predicted octanol–water partition coefficient (Wildman–Crippen LogP) is 5.68. The topological polar surface area (TPSA) is 46.1 Å². The first-order chi connectivity index (χ1) is 14.2. The molecule has 0 aliphatic heterocycles. The zero-order valence-corrected chi connectivity index (χ0v) is 17.6. The van der Waals surface area contributed by atoms with Crippen molar-refractivity contribution in [3.05, 3.63) is 88.7 Å². The van der Waals surface area contributed by atoms with Gasteiger partial charge in [-0.1, -0.05) is 66.3 Å². The quantitative estimate of drug-likeness (QED) is 0.402. The van der Waals surface area contributed by atoms with Crippen LogP contribution in [0.25, 0.3) is 10.2 Å². The van der Waals surface area contributed by atoms with Crippen molar-refractivity contribution in [2.75, 3.05) is 4.90 Å². The Morgan fingerprint density at radius 2 is 1.83 bits per heavy atom. The van der Waals surface area contributed by atoms with Crippen LogP contribution in [0.2, 0.25) is 5.02 Å². The minimum atomic E-state index is -0.0548. The molecule has 0 N–H and O–H groups in total. The fourth-order valence-corrected chi connectivity index (χ4v) is 4.44. The monoisotopic (exact) mass is 421 g/mol. The molecule has 6 heteroatoms. The van der Waals surface area contributed by atoms with Gasteiger partial charge in [-0.25, -0.2) is 4.98 Å². The van der Waals surface area contributed by atoms with Crippen LogP contribution in [0.1, 0.15) is 23.7 Å². The lowest BCUT2D eigenvalue weighted by Crippen LogP contribution is -2.32. The Morgan fingerprint density at radius 1 is 1.03 bits per heavy atom. The lowest BCUT2D eigenvalue weighted by molar-refractivity contribution is -0.118. The highest BCUT2D eigenvalue weighted by Gasteiger charge is 2.22. The Bertz CT molecular complexity index is 1140. The van der Waals surface area contributed by atoms with Crippen LogP contribution >= 0.6 is 22.9 Å². The van der Waals surface area contributed by atoms with E-state index in [1.807, 2.05) is 48.5 Å². The van der Waals surface area contributed by atoms with Crippen molar-refractivity contribution in [1.29, 1.82) is 0 Å². The number of amides is 1. The van der Waals surface area contributed by atoms with Crippen LogP contribution in [-0.4, -0.2) is 15.9 Å². The number of benzene rings is 2. The van der Waals surface area contributed by atoms with Crippen molar-refractivity contribution in [2.45, 2.75) is 26.3 Å². The highest BCUT2D eigenvalue weighted by Crippen LogP contribution is 2.32. The number of aromatic nitrogens is 2. The molecule has 2 aromatic heterocycles. The van der Waals surface area contributed by atoms with E-state index >= 15 is 0 Å². The first kappa shape index (κ1) is 19.6. The van der Waals surface area contributed by atoms with Crippen molar-refractivity contribution in [1.82, 2.24) is 9.97 Å². The second kappa shape index (κ2) is 8.72. The van der Waals surface area contributed by atoms with E-state index in [0.717, 1.165) is 27.9 Å². The molecule has 29 heavy (non-hydrogen) atoms. The van der Waals surface area contributed by atoms with Gasteiger partial charge in [0.15, 0.2) is 5.13 Å². The number of pyridine rings is 1. The highest BCUT2D eigenvalue weighted by atomic mass is 35.5. The van der Waals surface area contributed by atoms with Gasteiger partial charge in [-0.2, -0.15) is 0 Å². The molecular weight excluding hydrogens is 402 g/mol. The smallest absolute Gasteiger partial charge is 0.233 e. The van der Waals surface area contributed by atoms with Crippen LogP contribution < -0.4 is 4.90 Å². The lowest BCUT2D eigenvalue weighted by atomic mass is 10.1. The summed E-state index contributed by atoms with van der Waals surface area (Å²) in [7, 11) is 0. The van der Waals surface area contributed by atoms with E-state index in [4.69, 9.17) is 16.6 Å². The molecule has 4 aromatic rings. The summed E-state index contributed by atoms with van der Waals surface area (Å²) >= 11 is 7.82. The normalized spacial score (nSPS) is 11.0. The van der Waals surface area contributed by atoms with Crippen LogP contribution in [0.15, 0.2) is 66.9 Å². The van der Waals surface area contributed by atoms with Gasteiger partial charge < -0.3 is 0 Å². The Balaban J connectivity index is 1.72. The standard InChI is InChI=1S/C23H20ClN3OS/c1-2-16-9-7-12-20-22(16)26-23(29-20)27(15-18-10-5-6-13-25-18)21(28)14-17-8-3-4-11-19(17)24/h3-13H,2,14-15H2,1H3. The maximum atomic E-state index is 13.3. The van der Waals surface area contributed by atoms with E-state index in [1.54, 1.807) is 17.2 Å². The molecule has 0 spiro atoms. The van der Waals surface area contributed by atoms with E-state index < -0.39 is 0 Å².